The SMILES string of the molecule is CC(C)N(Cc1cccn1Cc1ccccc1)C(=O)c1ccco1. The van der Waals surface area contributed by atoms with E-state index in [4.69, 9.17) is 4.42 Å². The van der Waals surface area contributed by atoms with Crippen molar-refractivity contribution in [3.05, 3.63) is 84.1 Å². The Morgan fingerprint density at radius 2 is 1.88 bits per heavy atom. The maximum absolute atomic E-state index is 12.7. The highest BCUT2D eigenvalue weighted by Gasteiger charge is 2.22. The van der Waals surface area contributed by atoms with Crippen LogP contribution in [0.25, 0.3) is 0 Å². The molecule has 4 nitrogen and oxygen atoms in total. The summed E-state index contributed by atoms with van der Waals surface area (Å²) in [5.41, 5.74) is 2.34. The molecule has 1 amide bonds. The van der Waals surface area contributed by atoms with E-state index in [2.05, 4.69) is 29.0 Å². The monoisotopic (exact) mass is 322 g/mol. The van der Waals surface area contributed by atoms with Gasteiger partial charge in [-0.1, -0.05) is 30.3 Å². The van der Waals surface area contributed by atoms with Crippen LogP contribution in [-0.2, 0) is 13.1 Å². The molecule has 124 valence electrons. The van der Waals surface area contributed by atoms with Gasteiger partial charge in [-0.2, -0.15) is 0 Å². The van der Waals surface area contributed by atoms with Gasteiger partial charge in [-0.05, 0) is 43.7 Å². The number of hydrogen-bond acceptors (Lipinski definition) is 2. The molecule has 0 spiro atoms. The van der Waals surface area contributed by atoms with Crippen LogP contribution in [0.5, 0.6) is 0 Å². The Balaban J connectivity index is 1.79. The number of amides is 1. The average molecular weight is 322 g/mol. The Bertz CT molecular complexity index is 773. The molecule has 0 radical (unpaired) electrons. The highest BCUT2D eigenvalue weighted by molar-refractivity contribution is 5.91. The molecule has 0 saturated carbocycles. The summed E-state index contributed by atoms with van der Waals surface area (Å²) in [5.74, 6) is 0.298. The largest absolute Gasteiger partial charge is 0.459 e. The number of aromatic nitrogens is 1. The first-order valence-corrected chi connectivity index (χ1v) is 8.17. The molecular weight excluding hydrogens is 300 g/mol. The van der Waals surface area contributed by atoms with Crippen molar-refractivity contribution < 1.29 is 9.21 Å². The smallest absolute Gasteiger partial charge is 0.290 e. The standard InChI is InChI=1S/C20H22N2O2/c1-16(2)22(20(23)19-11-7-13-24-19)15-18-10-6-12-21(18)14-17-8-4-3-5-9-17/h3-13,16H,14-15H2,1-2H3. The highest BCUT2D eigenvalue weighted by atomic mass is 16.3. The van der Waals surface area contributed by atoms with Crippen LogP contribution in [0.2, 0.25) is 0 Å². The lowest BCUT2D eigenvalue weighted by Gasteiger charge is -2.26. The molecule has 0 aliphatic rings. The lowest BCUT2D eigenvalue weighted by molar-refractivity contribution is 0.0653. The molecule has 24 heavy (non-hydrogen) atoms. The zero-order valence-electron chi connectivity index (χ0n) is 14.1. The molecule has 2 aromatic heterocycles. The van der Waals surface area contributed by atoms with Crippen LogP contribution < -0.4 is 0 Å². The van der Waals surface area contributed by atoms with Crippen molar-refractivity contribution in [2.24, 2.45) is 0 Å². The van der Waals surface area contributed by atoms with Crippen LogP contribution in [-0.4, -0.2) is 21.4 Å². The van der Waals surface area contributed by atoms with E-state index in [9.17, 15) is 4.79 Å². The Labute approximate surface area is 142 Å². The van der Waals surface area contributed by atoms with Gasteiger partial charge >= 0.3 is 0 Å². The maximum Gasteiger partial charge on any atom is 0.290 e. The number of carbonyl (C=O) groups excluding carboxylic acids is 1. The quantitative estimate of drug-likeness (QED) is 0.683. The minimum Gasteiger partial charge on any atom is -0.459 e. The van der Waals surface area contributed by atoms with Gasteiger partial charge < -0.3 is 13.9 Å². The van der Waals surface area contributed by atoms with Crippen molar-refractivity contribution in [3.8, 4) is 0 Å². The van der Waals surface area contributed by atoms with Gasteiger partial charge in [-0.3, -0.25) is 4.79 Å². The first kappa shape index (κ1) is 16.1. The lowest BCUT2D eigenvalue weighted by atomic mass is 10.2. The molecular formula is C20H22N2O2. The predicted octanol–water partition coefficient (Wildman–Crippen LogP) is 4.18. The van der Waals surface area contributed by atoms with E-state index in [0.717, 1.165) is 12.2 Å². The van der Waals surface area contributed by atoms with E-state index in [-0.39, 0.29) is 11.9 Å². The zero-order valence-corrected chi connectivity index (χ0v) is 14.1. The number of hydrogen-bond donors (Lipinski definition) is 0. The first-order chi connectivity index (χ1) is 11.6. The molecule has 0 saturated heterocycles. The van der Waals surface area contributed by atoms with Gasteiger partial charge in [-0.15, -0.1) is 0 Å². The molecule has 0 unspecified atom stereocenters. The van der Waals surface area contributed by atoms with Crippen LogP contribution in [0.4, 0.5) is 0 Å². The van der Waals surface area contributed by atoms with Gasteiger partial charge in [0.05, 0.1) is 12.8 Å². The minimum absolute atomic E-state index is 0.0811. The van der Waals surface area contributed by atoms with Crippen LogP contribution in [0.15, 0.2) is 71.5 Å². The van der Waals surface area contributed by atoms with Crippen molar-refractivity contribution in [2.45, 2.75) is 33.0 Å². The van der Waals surface area contributed by atoms with Gasteiger partial charge in [0.1, 0.15) is 0 Å². The van der Waals surface area contributed by atoms with Crippen LogP contribution >= 0.6 is 0 Å². The lowest BCUT2D eigenvalue weighted by Crippen LogP contribution is -2.36. The third-order valence-corrected chi connectivity index (χ3v) is 4.07. The van der Waals surface area contributed by atoms with Crippen LogP contribution in [0, 0.1) is 0 Å². The molecule has 2 heterocycles. The van der Waals surface area contributed by atoms with E-state index in [0.29, 0.717) is 12.3 Å². The highest BCUT2D eigenvalue weighted by Crippen LogP contribution is 2.15. The van der Waals surface area contributed by atoms with E-state index >= 15 is 0 Å². The Morgan fingerprint density at radius 1 is 1.08 bits per heavy atom. The molecule has 3 aromatic rings. The van der Waals surface area contributed by atoms with Gasteiger partial charge in [0.2, 0.25) is 0 Å². The maximum atomic E-state index is 12.7. The third kappa shape index (κ3) is 3.59. The van der Waals surface area contributed by atoms with Crippen molar-refractivity contribution >= 4 is 5.91 Å². The number of carbonyl (C=O) groups is 1. The molecule has 3 rings (SSSR count). The Morgan fingerprint density at radius 3 is 2.54 bits per heavy atom. The van der Waals surface area contributed by atoms with Crippen LogP contribution in [0.3, 0.4) is 0 Å². The zero-order chi connectivity index (χ0) is 16.9. The number of furan rings is 1. The average Bonchev–Trinajstić information content (AvgIpc) is 3.25. The second kappa shape index (κ2) is 7.21. The summed E-state index contributed by atoms with van der Waals surface area (Å²) in [6, 6.07) is 17.9. The van der Waals surface area contributed by atoms with Gasteiger partial charge in [-0.25, -0.2) is 0 Å². The minimum atomic E-state index is -0.0811. The summed E-state index contributed by atoms with van der Waals surface area (Å²) in [4.78, 5) is 14.5. The summed E-state index contributed by atoms with van der Waals surface area (Å²) in [5, 5.41) is 0. The molecule has 0 atom stereocenters. The molecule has 1 aromatic carbocycles. The summed E-state index contributed by atoms with van der Waals surface area (Å²) in [6.45, 7) is 5.39. The normalized spacial score (nSPS) is 11.0. The van der Waals surface area contributed by atoms with Gasteiger partial charge in [0.25, 0.3) is 5.91 Å². The molecule has 4 heteroatoms. The van der Waals surface area contributed by atoms with Crippen molar-refractivity contribution in [1.29, 1.82) is 0 Å². The van der Waals surface area contributed by atoms with Gasteiger partial charge in [0, 0.05) is 24.5 Å². The molecule has 0 fully saturated rings. The molecule has 0 N–H and O–H groups in total. The fraction of sp³-hybridized carbons (Fsp3) is 0.250. The number of rotatable bonds is 6. The van der Waals surface area contributed by atoms with Crippen LogP contribution in [0.1, 0.15) is 35.7 Å². The van der Waals surface area contributed by atoms with Crippen molar-refractivity contribution in [3.63, 3.8) is 0 Å². The number of nitrogens with zero attached hydrogens (tertiary/aromatic N) is 2. The Kier molecular flexibility index (Phi) is 4.85. The fourth-order valence-corrected chi connectivity index (χ4v) is 2.73. The van der Waals surface area contributed by atoms with E-state index in [1.165, 1.54) is 11.8 Å². The molecule has 0 aliphatic carbocycles. The third-order valence-electron chi connectivity index (χ3n) is 4.07. The van der Waals surface area contributed by atoms with Crippen molar-refractivity contribution in [1.82, 2.24) is 9.47 Å². The molecule has 0 bridgehead atoms. The first-order valence-electron chi connectivity index (χ1n) is 8.17. The summed E-state index contributed by atoms with van der Waals surface area (Å²) >= 11 is 0. The Hall–Kier alpha value is -2.75. The van der Waals surface area contributed by atoms with E-state index in [1.807, 2.05) is 43.0 Å². The predicted molar refractivity (Wildman–Crippen MR) is 93.7 cm³/mol. The molecule has 0 aliphatic heterocycles. The second-order valence-corrected chi connectivity index (χ2v) is 6.12. The summed E-state index contributed by atoms with van der Waals surface area (Å²) in [6.07, 6.45) is 3.59. The topological polar surface area (TPSA) is 38.4 Å². The number of benzene rings is 1. The second-order valence-electron chi connectivity index (χ2n) is 6.12. The summed E-state index contributed by atoms with van der Waals surface area (Å²) in [7, 11) is 0. The van der Waals surface area contributed by atoms with E-state index < -0.39 is 0 Å². The fourth-order valence-electron chi connectivity index (χ4n) is 2.73. The van der Waals surface area contributed by atoms with Crippen molar-refractivity contribution in [2.75, 3.05) is 0 Å². The summed E-state index contributed by atoms with van der Waals surface area (Å²) < 4.78 is 7.45. The van der Waals surface area contributed by atoms with Gasteiger partial charge in [0.15, 0.2) is 5.76 Å². The van der Waals surface area contributed by atoms with E-state index in [1.54, 1.807) is 12.1 Å².